The van der Waals surface area contributed by atoms with Gasteiger partial charge in [-0.3, -0.25) is 4.79 Å². The molecule has 8 heteroatoms. The van der Waals surface area contributed by atoms with Crippen LogP contribution < -0.4 is 10.6 Å². The topological polar surface area (TPSA) is 66.9 Å². The van der Waals surface area contributed by atoms with Crippen LogP contribution in [0, 0.1) is 5.92 Å². The Morgan fingerprint density at radius 1 is 1.24 bits per heavy atom. The summed E-state index contributed by atoms with van der Waals surface area (Å²) >= 11 is 3.08. The lowest BCUT2D eigenvalue weighted by Gasteiger charge is -2.21. The average Bonchev–Trinajstić information content (AvgIpc) is 3.07. The van der Waals surface area contributed by atoms with Crippen LogP contribution in [0.4, 0.5) is 5.13 Å². The Labute approximate surface area is 162 Å². The van der Waals surface area contributed by atoms with E-state index < -0.39 is 0 Å². The molecule has 2 heterocycles. The van der Waals surface area contributed by atoms with Gasteiger partial charge in [0.15, 0.2) is 4.34 Å². The van der Waals surface area contributed by atoms with E-state index >= 15 is 0 Å². The predicted molar refractivity (Wildman–Crippen MR) is 107 cm³/mol. The zero-order valence-electron chi connectivity index (χ0n) is 13.9. The number of hydrogen-bond donors (Lipinski definition) is 2. The number of piperidine rings is 1. The van der Waals surface area contributed by atoms with Crippen LogP contribution in [0.15, 0.2) is 34.7 Å². The SMILES string of the molecule is Cl.O=C(CCC1CCNCC1)Nc1nnc(SCc2ccccc2)s1. The molecule has 0 spiro atoms. The molecule has 1 aliphatic rings. The molecule has 0 saturated carbocycles. The summed E-state index contributed by atoms with van der Waals surface area (Å²) < 4.78 is 0.882. The Kier molecular flexibility index (Phi) is 8.67. The van der Waals surface area contributed by atoms with Crippen LogP contribution in [0.3, 0.4) is 0 Å². The molecule has 1 amide bonds. The first-order valence-electron chi connectivity index (χ1n) is 8.30. The summed E-state index contributed by atoms with van der Waals surface area (Å²) in [5.74, 6) is 1.58. The Hall–Kier alpha value is -1.15. The van der Waals surface area contributed by atoms with Gasteiger partial charge in [-0.2, -0.15) is 0 Å². The van der Waals surface area contributed by atoms with Gasteiger partial charge in [0.25, 0.3) is 0 Å². The predicted octanol–water partition coefficient (Wildman–Crippen LogP) is 3.97. The van der Waals surface area contributed by atoms with Gasteiger partial charge in [-0.05, 0) is 43.8 Å². The maximum Gasteiger partial charge on any atom is 0.226 e. The molecule has 0 bridgehead atoms. The summed E-state index contributed by atoms with van der Waals surface area (Å²) in [6.45, 7) is 2.15. The molecule has 2 aromatic rings. The number of nitrogens with one attached hydrogen (secondary N) is 2. The van der Waals surface area contributed by atoms with Crippen LogP contribution in [-0.2, 0) is 10.5 Å². The molecule has 3 rings (SSSR count). The first-order valence-corrected chi connectivity index (χ1v) is 10.1. The molecule has 0 atom stereocenters. The molecule has 1 saturated heterocycles. The highest BCUT2D eigenvalue weighted by molar-refractivity contribution is 8.00. The van der Waals surface area contributed by atoms with Crippen molar-refractivity contribution in [2.75, 3.05) is 18.4 Å². The van der Waals surface area contributed by atoms with Gasteiger partial charge in [-0.25, -0.2) is 0 Å². The molecular weight excluding hydrogens is 376 g/mol. The largest absolute Gasteiger partial charge is 0.317 e. The van der Waals surface area contributed by atoms with Gasteiger partial charge in [-0.1, -0.05) is 53.4 Å². The Bertz CT molecular complexity index is 647. The van der Waals surface area contributed by atoms with E-state index in [0.29, 0.717) is 17.5 Å². The van der Waals surface area contributed by atoms with Crippen molar-refractivity contribution in [3.05, 3.63) is 35.9 Å². The third kappa shape index (κ3) is 6.93. The van der Waals surface area contributed by atoms with E-state index in [1.807, 2.05) is 18.2 Å². The highest BCUT2D eigenvalue weighted by Crippen LogP contribution is 2.28. The number of nitrogens with zero attached hydrogens (tertiary/aromatic N) is 2. The second-order valence-electron chi connectivity index (χ2n) is 5.93. The molecule has 0 unspecified atom stereocenters. The fourth-order valence-electron chi connectivity index (χ4n) is 2.73. The van der Waals surface area contributed by atoms with Crippen LogP contribution in [-0.4, -0.2) is 29.2 Å². The van der Waals surface area contributed by atoms with Crippen molar-refractivity contribution in [2.45, 2.75) is 35.8 Å². The van der Waals surface area contributed by atoms with E-state index in [2.05, 4.69) is 33.0 Å². The number of benzene rings is 1. The van der Waals surface area contributed by atoms with Gasteiger partial charge < -0.3 is 10.6 Å². The number of amides is 1. The first-order chi connectivity index (χ1) is 11.8. The summed E-state index contributed by atoms with van der Waals surface area (Å²) in [4.78, 5) is 12.0. The van der Waals surface area contributed by atoms with E-state index in [1.54, 1.807) is 11.8 Å². The number of thioether (sulfide) groups is 1. The second kappa shape index (κ2) is 10.8. The van der Waals surface area contributed by atoms with Crippen LogP contribution in [0.1, 0.15) is 31.2 Å². The van der Waals surface area contributed by atoms with Gasteiger partial charge in [0.1, 0.15) is 0 Å². The van der Waals surface area contributed by atoms with E-state index in [4.69, 9.17) is 0 Å². The van der Waals surface area contributed by atoms with E-state index in [-0.39, 0.29) is 18.3 Å². The third-order valence-corrected chi connectivity index (χ3v) is 6.14. The Morgan fingerprint density at radius 2 is 2.00 bits per heavy atom. The molecule has 5 nitrogen and oxygen atoms in total. The second-order valence-corrected chi connectivity index (χ2v) is 8.13. The fourth-order valence-corrected chi connectivity index (χ4v) is 4.45. The highest BCUT2D eigenvalue weighted by atomic mass is 35.5. The van der Waals surface area contributed by atoms with Gasteiger partial charge in [0.2, 0.25) is 11.0 Å². The van der Waals surface area contributed by atoms with Crippen LogP contribution in [0.5, 0.6) is 0 Å². The van der Waals surface area contributed by atoms with Crippen molar-refractivity contribution >= 4 is 46.5 Å². The highest BCUT2D eigenvalue weighted by Gasteiger charge is 2.15. The van der Waals surface area contributed by atoms with Crippen LogP contribution >= 0.6 is 35.5 Å². The number of carbonyl (C=O) groups excluding carboxylic acids is 1. The minimum atomic E-state index is 0. The summed E-state index contributed by atoms with van der Waals surface area (Å²) in [6.07, 6.45) is 3.87. The van der Waals surface area contributed by atoms with Crippen LogP contribution in [0.2, 0.25) is 0 Å². The summed E-state index contributed by atoms with van der Waals surface area (Å²) in [6, 6.07) is 10.3. The third-order valence-electron chi connectivity index (χ3n) is 4.10. The zero-order valence-corrected chi connectivity index (χ0v) is 16.4. The number of aromatic nitrogens is 2. The maximum absolute atomic E-state index is 12.0. The van der Waals surface area contributed by atoms with Gasteiger partial charge >= 0.3 is 0 Å². The van der Waals surface area contributed by atoms with E-state index in [9.17, 15) is 4.79 Å². The lowest BCUT2D eigenvalue weighted by atomic mass is 9.93. The summed E-state index contributed by atoms with van der Waals surface area (Å²) in [5.41, 5.74) is 1.25. The fraction of sp³-hybridized carbons (Fsp3) is 0.471. The molecule has 136 valence electrons. The van der Waals surface area contributed by atoms with Crippen molar-refractivity contribution in [3.63, 3.8) is 0 Å². The number of carbonyl (C=O) groups is 1. The molecule has 1 aromatic carbocycles. The first kappa shape index (κ1) is 20.2. The molecule has 2 N–H and O–H groups in total. The molecule has 1 aromatic heterocycles. The molecular formula is C17H23ClN4OS2. The number of rotatable bonds is 7. The molecule has 0 radical (unpaired) electrons. The van der Waals surface area contributed by atoms with E-state index in [1.165, 1.54) is 29.7 Å². The minimum absolute atomic E-state index is 0. The minimum Gasteiger partial charge on any atom is -0.317 e. The summed E-state index contributed by atoms with van der Waals surface area (Å²) in [7, 11) is 0. The van der Waals surface area contributed by atoms with E-state index in [0.717, 1.165) is 29.6 Å². The Balaban J connectivity index is 0.00000225. The number of halogens is 1. The van der Waals surface area contributed by atoms with Gasteiger partial charge in [0, 0.05) is 12.2 Å². The van der Waals surface area contributed by atoms with Gasteiger partial charge in [0.05, 0.1) is 0 Å². The van der Waals surface area contributed by atoms with Crippen molar-refractivity contribution < 1.29 is 4.79 Å². The quantitative estimate of drug-likeness (QED) is 0.545. The lowest BCUT2D eigenvalue weighted by molar-refractivity contribution is -0.116. The summed E-state index contributed by atoms with van der Waals surface area (Å²) in [5, 5.41) is 15.0. The maximum atomic E-state index is 12.0. The molecule has 1 fully saturated rings. The van der Waals surface area contributed by atoms with Crippen LogP contribution in [0.25, 0.3) is 0 Å². The number of anilines is 1. The van der Waals surface area contributed by atoms with Gasteiger partial charge in [-0.15, -0.1) is 22.6 Å². The lowest BCUT2D eigenvalue weighted by Crippen LogP contribution is -2.28. The molecule has 0 aliphatic carbocycles. The standard InChI is InChI=1S/C17H22N4OS2.ClH/c22-15(7-6-13-8-10-18-11-9-13)19-16-20-21-17(24-16)23-12-14-4-2-1-3-5-14;/h1-5,13,18H,6-12H2,(H,19,20,22);1H. The average molecular weight is 399 g/mol. The Morgan fingerprint density at radius 3 is 2.76 bits per heavy atom. The smallest absolute Gasteiger partial charge is 0.226 e. The molecule has 25 heavy (non-hydrogen) atoms. The normalized spacial score (nSPS) is 14.7. The van der Waals surface area contributed by atoms with Crippen molar-refractivity contribution in [2.24, 2.45) is 5.92 Å². The van der Waals surface area contributed by atoms with Crippen molar-refractivity contribution in [3.8, 4) is 0 Å². The monoisotopic (exact) mass is 398 g/mol. The van der Waals surface area contributed by atoms with Crippen molar-refractivity contribution in [1.82, 2.24) is 15.5 Å². The zero-order chi connectivity index (χ0) is 16.6. The number of hydrogen-bond acceptors (Lipinski definition) is 6. The van der Waals surface area contributed by atoms with Crippen molar-refractivity contribution in [1.29, 1.82) is 0 Å². The molecule has 1 aliphatic heterocycles.